The van der Waals surface area contributed by atoms with E-state index in [4.69, 9.17) is 0 Å². The van der Waals surface area contributed by atoms with Crippen LogP contribution in [0.3, 0.4) is 0 Å². The average Bonchev–Trinajstić information content (AvgIpc) is 3.07. The third kappa shape index (κ3) is 3.12. The predicted octanol–water partition coefficient (Wildman–Crippen LogP) is -0.687. The summed E-state index contributed by atoms with van der Waals surface area (Å²) in [5.41, 5.74) is 0.283. The van der Waals surface area contributed by atoms with Crippen molar-refractivity contribution in [1.29, 1.82) is 0 Å². The van der Waals surface area contributed by atoms with Crippen LogP contribution in [0.1, 0.15) is 25.7 Å². The number of hydrogen-bond donors (Lipinski definition) is 0. The largest absolute Gasteiger partial charge is 0.548 e. The molecule has 0 N–H and O–H groups in total. The van der Waals surface area contributed by atoms with Crippen LogP contribution in [0, 0.1) is 0 Å². The van der Waals surface area contributed by atoms with Crippen LogP contribution < -0.4 is 10.7 Å². The van der Waals surface area contributed by atoms with Crippen LogP contribution in [-0.4, -0.2) is 44.4 Å². The lowest BCUT2D eigenvalue weighted by Gasteiger charge is -2.25. The Balaban J connectivity index is 1.62. The van der Waals surface area contributed by atoms with E-state index in [0.29, 0.717) is 36.7 Å². The van der Waals surface area contributed by atoms with Gasteiger partial charge in [0.25, 0.3) is 5.56 Å². The van der Waals surface area contributed by atoms with Crippen molar-refractivity contribution in [3.63, 3.8) is 0 Å². The van der Waals surface area contributed by atoms with Crippen LogP contribution in [0.4, 0.5) is 0 Å². The number of carboxylic acid groups (broad SMARTS) is 1. The van der Waals surface area contributed by atoms with Crippen molar-refractivity contribution in [2.45, 2.75) is 38.3 Å². The summed E-state index contributed by atoms with van der Waals surface area (Å²) >= 11 is 0. The Hall–Kier alpha value is -2.77. The van der Waals surface area contributed by atoms with Crippen LogP contribution in [0.15, 0.2) is 29.1 Å². The van der Waals surface area contributed by atoms with Crippen molar-refractivity contribution >= 4 is 22.8 Å². The van der Waals surface area contributed by atoms with Gasteiger partial charge >= 0.3 is 0 Å². The number of amides is 1. The quantitative estimate of drug-likeness (QED) is 0.718. The van der Waals surface area contributed by atoms with E-state index in [0.717, 1.165) is 0 Å². The van der Waals surface area contributed by atoms with E-state index in [1.807, 2.05) is 0 Å². The summed E-state index contributed by atoms with van der Waals surface area (Å²) in [6.07, 6.45) is 1.65. The van der Waals surface area contributed by atoms with Gasteiger partial charge in [-0.15, -0.1) is 5.10 Å². The van der Waals surface area contributed by atoms with E-state index in [9.17, 15) is 19.5 Å². The molecule has 1 amide bonds. The van der Waals surface area contributed by atoms with Crippen molar-refractivity contribution in [2.75, 3.05) is 6.54 Å². The average molecular weight is 329 g/mol. The normalized spacial score (nSPS) is 17.3. The molecule has 126 valence electrons. The molecule has 1 fully saturated rings. The smallest absolute Gasteiger partial charge is 0.277 e. The molecule has 0 radical (unpaired) electrons. The molecule has 3 rings (SSSR count). The van der Waals surface area contributed by atoms with E-state index in [1.54, 1.807) is 24.3 Å². The van der Waals surface area contributed by atoms with Gasteiger partial charge in [0.15, 0.2) is 0 Å². The van der Waals surface area contributed by atoms with Gasteiger partial charge in [0.05, 0.1) is 17.4 Å². The highest BCUT2D eigenvalue weighted by atomic mass is 16.4. The van der Waals surface area contributed by atoms with Crippen molar-refractivity contribution in [3.05, 3.63) is 34.6 Å². The Kier molecular flexibility index (Phi) is 4.54. The van der Waals surface area contributed by atoms with E-state index in [2.05, 4.69) is 10.3 Å². The topological polar surface area (TPSA) is 108 Å². The first kappa shape index (κ1) is 16.1. The standard InChI is InChI=1S/C16H18N4O4/c21-14(19-9-3-7-13(19)16(23)24)8-4-10-20-15(22)11-5-1-2-6-12(11)17-18-20/h1-2,5-6,13H,3-4,7-10H2,(H,23,24)/p-1/t13-/m1/s1. The monoisotopic (exact) mass is 329 g/mol. The number of carboxylic acids is 1. The molecule has 2 heterocycles. The Morgan fingerprint density at radius 3 is 2.88 bits per heavy atom. The Morgan fingerprint density at radius 1 is 1.29 bits per heavy atom. The lowest BCUT2D eigenvalue weighted by atomic mass is 10.2. The summed E-state index contributed by atoms with van der Waals surface area (Å²) in [6, 6.07) is 6.10. The number of rotatable bonds is 5. The molecule has 24 heavy (non-hydrogen) atoms. The molecule has 1 aromatic carbocycles. The molecular formula is C16H17N4O4-. The zero-order valence-electron chi connectivity index (χ0n) is 13.1. The van der Waals surface area contributed by atoms with Crippen LogP contribution in [-0.2, 0) is 16.1 Å². The minimum Gasteiger partial charge on any atom is -0.548 e. The summed E-state index contributed by atoms with van der Waals surface area (Å²) in [7, 11) is 0. The first-order valence-corrected chi connectivity index (χ1v) is 7.91. The van der Waals surface area contributed by atoms with Gasteiger partial charge in [0.1, 0.15) is 5.52 Å². The predicted molar refractivity (Wildman–Crippen MR) is 82.8 cm³/mol. The fourth-order valence-electron chi connectivity index (χ4n) is 3.00. The Labute approximate surface area is 137 Å². The summed E-state index contributed by atoms with van der Waals surface area (Å²) in [6.45, 7) is 0.694. The fourth-order valence-corrected chi connectivity index (χ4v) is 3.00. The second kappa shape index (κ2) is 6.77. The zero-order valence-corrected chi connectivity index (χ0v) is 13.1. The number of carbonyl (C=O) groups is 2. The van der Waals surface area contributed by atoms with Gasteiger partial charge in [0.2, 0.25) is 5.91 Å². The molecule has 1 atom stereocenters. The number of benzene rings is 1. The van der Waals surface area contributed by atoms with Gasteiger partial charge in [-0.05, 0) is 31.4 Å². The van der Waals surface area contributed by atoms with E-state index >= 15 is 0 Å². The molecule has 0 bridgehead atoms. The molecule has 2 aromatic rings. The van der Waals surface area contributed by atoms with E-state index in [1.165, 1.54) is 9.58 Å². The molecular weight excluding hydrogens is 312 g/mol. The first-order valence-electron chi connectivity index (χ1n) is 7.91. The summed E-state index contributed by atoms with van der Waals surface area (Å²) in [4.78, 5) is 36.8. The van der Waals surface area contributed by atoms with Gasteiger partial charge in [0, 0.05) is 19.5 Å². The van der Waals surface area contributed by atoms with Gasteiger partial charge < -0.3 is 14.8 Å². The summed E-state index contributed by atoms with van der Waals surface area (Å²) in [5.74, 6) is -1.44. The lowest BCUT2D eigenvalue weighted by Crippen LogP contribution is -2.47. The maximum atomic E-state index is 12.3. The van der Waals surface area contributed by atoms with Crippen molar-refractivity contribution in [3.8, 4) is 0 Å². The minimum atomic E-state index is -1.21. The number of hydrogen-bond acceptors (Lipinski definition) is 6. The van der Waals surface area contributed by atoms with Gasteiger partial charge in [-0.1, -0.05) is 17.3 Å². The highest BCUT2D eigenvalue weighted by Gasteiger charge is 2.28. The van der Waals surface area contributed by atoms with Crippen molar-refractivity contribution < 1.29 is 14.7 Å². The molecule has 1 saturated heterocycles. The zero-order chi connectivity index (χ0) is 17.1. The van der Waals surface area contributed by atoms with Crippen LogP contribution >= 0.6 is 0 Å². The minimum absolute atomic E-state index is 0.157. The van der Waals surface area contributed by atoms with Crippen LogP contribution in [0.5, 0.6) is 0 Å². The highest BCUT2D eigenvalue weighted by molar-refractivity contribution is 5.83. The molecule has 8 heteroatoms. The molecule has 1 aliphatic rings. The van der Waals surface area contributed by atoms with E-state index < -0.39 is 12.0 Å². The second-order valence-electron chi connectivity index (χ2n) is 5.80. The molecule has 0 unspecified atom stereocenters. The highest BCUT2D eigenvalue weighted by Crippen LogP contribution is 2.18. The third-order valence-electron chi connectivity index (χ3n) is 4.24. The van der Waals surface area contributed by atoms with Crippen LogP contribution in [0.2, 0.25) is 0 Å². The van der Waals surface area contributed by atoms with Gasteiger partial charge in [-0.2, -0.15) is 0 Å². The molecule has 1 aliphatic heterocycles. The van der Waals surface area contributed by atoms with Gasteiger partial charge in [-0.3, -0.25) is 9.59 Å². The maximum Gasteiger partial charge on any atom is 0.277 e. The number of fused-ring (bicyclic) bond motifs is 1. The molecule has 8 nitrogen and oxygen atoms in total. The Bertz CT molecular complexity index is 832. The van der Waals surface area contributed by atoms with E-state index in [-0.39, 0.29) is 24.4 Å². The molecule has 0 aliphatic carbocycles. The number of nitrogens with zero attached hydrogens (tertiary/aromatic N) is 4. The maximum absolute atomic E-state index is 12.3. The lowest BCUT2D eigenvalue weighted by molar-refractivity contribution is -0.310. The van der Waals surface area contributed by atoms with Gasteiger partial charge in [-0.25, -0.2) is 4.68 Å². The Morgan fingerprint density at radius 2 is 2.08 bits per heavy atom. The second-order valence-corrected chi connectivity index (χ2v) is 5.80. The summed E-state index contributed by atoms with van der Waals surface area (Å²) < 4.78 is 1.23. The first-order chi connectivity index (χ1) is 11.6. The number of carbonyl (C=O) groups excluding carboxylic acids is 2. The van der Waals surface area contributed by atoms with Crippen molar-refractivity contribution in [2.24, 2.45) is 0 Å². The SMILES string of the molecule is O=C([O-])[C@H]1CCCN1C(=O)CCCn1nnc2ccccc2c1=O. The molecule has 1 aromatic heterocycles. The summed E-state index contributed by atoms with van der Waals surface area (Å²) in [5, 5.41) is 19.3. The fraction of sp³-hybridized carbons (Fsp3) is 0.438. The third-order valence-corrected chi connectivity index (χ3v) is 4.24. The molecule has 0 spiro atoms. The van der Waals surface area contributed by atoms with Crippen molar-refractivity contribution in [1.82, 2.24) is 19.9 Å². The number of aliphatic carboxylic acids is 1. The number of aryl methyl sites for hydroxylation is 1. The van der Waals surface area contributed by atoms with Crippen LogP contribution in [0.25, 0.3) is 10.9 Å². The molecule has 0 saturated carbocycles. The number of likely N-dealkylation sites (tertiary alicyclic amines) is 1. The number of aromatic nitrogens is 3.